The molecule has 0 unspecified atom stereocenters. The van der Waals surface area contributed by atoms with Crippen molar-refractivity contribution in [3.05, 3.63) is 17.7 Å². The van der Waals surface area contributed by atoms with Crippen LogP contribution in [-0.2, 0) is 0 Å². The van der Waals surface area contributed by atoms with Gasteiger partial charge < -0.3 is 19.9 Å². The molecule has 1 aliphatic heterocycles. The maximum Gasteiger partial charge on any atom is 0.131 e. The van der Waals surface area contributed by atoms with E-state index in [1.807, 2.05) is 0 Å². The minimum absolute atomic E-state index is 0.156. The Morgan fingerprint density at radius 3 is 2.14 bits per heavy atom. The molecule has 4 nitrogen and oxygen atoms in total. The van der Waals surface area contributed by atoms with Crippen LogP contribution < -0.4 is 14.8 Å². The van der Waals surface area contributed by atoms with E-state index >= 15 is 0 Å². The molecule has 0 aliphatic carbocycles. The van der Waals surface area contributed by atoms with Gasteiger partial charge in [-0.25, -0.2) is 0 Å². The lowest BCUT2D eigenvalue weighted by atomic mass is 10.1. The Kier molecular flexibility index (Phi) is 2.21. The molecular formula is C10H13NO3. The molecular weight excluding hydrogens is 182 g/mol. The van der Waals surface area contributed by atoms with Crippen LogP contribution in [0.2, 0.25) is 0 Å². The maximum absolute atomic E-state index is 9.40. The van der Waals surface area contributed by atoms with Crippen molar-refractivity contribution in [2.45, 2.75) is 6.04 Å². The quantitative estimate of drug-likeness (QED) is 0.708. The standard InChI is InChI=1S/C10H13NO3/c1-13-8-3-6(12)4-9(14-2)10(8)7-5-11-7/h3-4,7,11-12H,5H2,1-2H3/t7-/m1/s1. The smallest absolute Gasteiger partial charge is 0.131 e. The SMILES string of the molecule is COc1cc(O)cc(OC)c1[C@H]1CN1. The number of hydrogen-bond acceptors (Lipinski definition) is 4. The van der Waals surface area contributed by atoms with Crippen LogP contribution in [0.15, 0.2) is 12.1 Å². The van der Waals surface area contributed by atoms with E-state index < -0.39 is 0 Å². The predicted octanol–water partition coefficient (Wildman–Crippen LogP) is 1.05. The van der Waals surface area contributed by atoms with Crippen LogP contribution in [0.3, 0.4) is 0 Å². The summed E-state index contributed by atoms with van der Waals surface area (Å²) < 4.78 is 10.4. The molecule has 0 amide bonds. The number of benzene rings is 1. The number of phenols is 1. The van der Waals surface area contributed by atoms with E-state index in [9.17, 15) is 5.11 Å². The van der Waals surface area contributed by atoms with Crippen molar-refractivity contribution in [1.82, 2.24) is 5.32 Å². The Bertz CT molecular complexity index is 322. The molecule has 0 aromatic heterocycles. The first-order chi connectivity index (χ1) is 6.76. The number of phenolic OH excluding ortho intramolecular Hbond substituents is 1. The fraction of sp³-hybridized carbons (Fsp3) is 0.400. The Balaban J connectivity index is 2.50. The molecule has 0 radical (unpaired) electrons. The van der Waals surface area contributed by atoms with Gasteiger partial charge in [0.05, 0.1) is 25.8 Å². The van der Waals surface area contributed by atoms with Gasteiger partial charge in [0, 0.05) is 18.7 Å². The molecule has 1 atom stereocenters. The normalized spacial score (nSPS) is 19.1. The summed E-state index contributed by atoms with van der Waals surface area (Å²) in [6.45, 7) is 0.928. The van der Waals surface area contributed by atoms with Crippen molar-refractivity contribution < 1.29 is 14.6 Å². The van der Waals surface area contributed by atoms with Crippen molar-refractivity contribution in [3.8, 4) is 17.2 Å². The second-order valence-corrected chi connectivity index (χ2v) is 3.22. The Morgan fingerprint density at radius 2 is 1.79 bits per heavy atom. The highest BCUT2D eigenvalue weighted by Crippen LogP contribution is 2.40. The van der Waals surface area contributed by atoms with Crippen LogP contribution in [0.5, 0.6) is 17.2 Å². The molecule has 0 spiro atoms. The van der Waals surface area contributed by atoms with Crippen molar-refractivity contribution in [2.24, 2.45) is 0 Å². The fourth-order valence-corrected chi connectivity index (χ4v) is 1.53. The molecule has 1 heterocycles. The van der Waals surface area contributed by atoms with Crippen molar-refractivity contribution in [2.75, 3.05) is 20.8 Å². The second-order valence-electron chi connectivity index (χ2n) is 3.22. The molecule has 1 saturated heterocycles. The topological polar surface area (TPSA) is 60.6 Å². The lowest BCUT2D eigenvalue weighted by molar-refractivity contribution is 0.376. The highest BCUT2D eigenvalue weighted by molar-refractivity contribution is 5.53. The fourth-order valence-electron chi connectivity index (χ4n) is 1.53. The number of nitrogens with one attached hydrogen (secondary N) is 1. The first kappa shape index (κ1) is 9.15. The van der Waals surface area contributed by atoms with Crippen molar-refractivity contribution >= 4 is 0 Å². The van der Waals surface area contributed by atoms with E-state index in [0.29, 0.717) is 17.5 Å². The minimum Gasteiger partial charge on any atom is -0.508 e. The Labute approximate surface area is 82.5 Å². The number of rotatable bonds is 3. The summed E-state index contributed by atoms with van der Waals surface area (Å²) in [4.78, 5) is 0. The van der Waals surface area contributed by atoms with Crippen LogP contribution in [0.1, 0.15) is 11.6 Å². The zero-order valence-electron chi connectivity index (χ0n) is 8.20. The summed E-state index contributed by atoms with van der Waals surface area (Å²) in [5.41, 5.74) is 0.979. The van der Waals surface area contributed by atoms with E-state index in [-0.39, 0.29) is 5.75 Å². The molecule has 1 aromatic rings. The van der Waals surface area contributed by atoms with Crippen LogP contribution in [-0.4, -0.2) is 25.9 Å². The number of aromatic hydroxyl groups is 1. The summed E-state index contributed by atoms with van der Waals surface area (Å²) in [6.07, 6.45) is 0. The Morgan fingerprint density at radius 1 is 1.29 bits per heavy atom. The zero-order chi connectivity index (χ0) is 10.1. The van der Waals surface area contributed by atoms with E-state index in [0.717, 1.165) is 12.1 Å². The third kappa shape index (κ3) is 1.48. The summed E-state index contributed by atoms with van der Waals surface area (Å²) >= 11 is 0. The van der Waals surface area contributed by atoms with Gasteiger partial charge in [0.25, 0.3) is 0 Å². The summed E-state index contributed by atoms with van der Waals surface area (Å²) in [5.74, 6) is 1.48. The van der Waals surface area contributed by atoms with Gasteiger partial charge in [0.1, 0.15) is 17.2 Å². The largest absolute Gasteiger partial charge is 0.508 e. The molecule has 2 rings (SSSR count). The van der Waals surface area contributed by atoms with E-state index in [1.165, 1.54) is 0 Å². The van der Waals surface area contributed by atoms with Gasteiger partial charge in [-0.15, -0.1) is 0 Å². The molecule has 1 aliphatic rings. The third-order valence-corrected chi connectivity index (χ3v) is 2.29. The Hall–Kier alpha value is -1.42. The molecule has 1 aromatic carbocycles. The van der Waals surface area contributed by atoms with Crippen LogP contribution in [0.25, 0.3) is 0 Å². The minimum atomic E-state index is 0.156. The predicted molar refractivity (Wildman–Crippen MR) is 52.0 cm³/mol. The van der Waals surface area contributed by atoms with E-state index in [2.05, 4.69) is 5.32 Å². The average molecular weight is 195 g/mol. The molecule has 2 N–H and O–H groups in total. The van der Waals surface area contributed by atoms with Gasteiger partial charge in [-0.3, -0.25) is 0 Å². The van der Waals surface area contributed by atoms with Crippen molar-refractivity contribution in [1.29, 1.82) is 0 Å². The number of hydrogen-bond donors (Lipinski definition) is 2. The van der Waals surface area contributed by atoms with Gasteiger partial charge in [0.15, 0.2) is 0 Å². The summed E-state index contributed by atoms with van der Waals surface area (Å²) in [6, 6.07) is 3.48. The maximum atomic E-state index is 9.40. The van der Waals surface area contributed by atoms with Gasteiger partial charge in [0.2, 0.25) is 0 Å². The highest BCUT2D eigenvalue weighted by atomic mass is 16.5. The van der Waals surface area contributed by atoms with Gasteiger partial charge in [-0.1, -0.05) is 0 Å². The number of methoxy groups -OCH3 is 2. The molecule has 0 bridgehead atoms. The third-order valence-electron chi connectivity index (χ3n) is 2.29. The molecule has 0 saturated carbocycles. The first-order valence-electron chi connectivity index (χ1n) is 4.44. The van der Waals surface area contributed by atoms with Gasteiger partial charge in [-0.2, -0.15) is 0 Å². The average Bonchev–Trinajstić information content (AvgIpc) is 2.99. The molecule has 14 heavy (non-hydrogen) atoms. The van der Waals surface area contributed by atoms with Gasteiger partial charge >= 0.3 is 0 Å². The van der Waals surface area contributed by atoms with Crippen LogP contribution in [0.4, 0.5) is 0 Å². The second kappa shape index (κ2) is 3.38. The highest BCUT2D eigenvalue weighted by Gasteiger charge is 2.29. The zero-order valence-corrected chi connectivity index (χ0v) is 8.20. The summed E-state index contributed by atoms with van der Waals surface area (Å²) in [7, 11) is 3.17. The lowest BCUT2D eigenvalue weighted by Gasteiger charge is -2.12. The van der Waals surface area contributed by atoms with E-state index in [4.69, 9.17) is 9.47 Å². The van der Waals surface area contributed by atoms with Crippen LogP contribution >= 0.6 is 0 Å². The molecule has 4 heteroatoms. The summed E-state index contributed by atoms with van der Waals surface area (Å²) in [5, 5.41) is 12.6. The van der Waals surface area contributed by atoms with Crippen molar-refractivity contribution in [3.63, 3.8) is 0 Å². The molecule has 1 fully saturated rings. The number of ether oxygens (including phenoxy) is 2. The first-order valence-corrected chi connectivity index (χ1v) is 4.44. The van der Waals surface area contributed by atoms with Crippen LogP contribution in [0, 0.1) is 0 Å². The lowest BCUT2D eigenvalue weighted by Crippen LogP contribution is -1.97. The monoisotopic (exact) mass is 195 g/mol. The van der Waals surface area contributed by atoms with E-state index in [1.54, 1.807) is 26.4 Å². The molecule has 76 valence electrons. The van der Waals surface area contributed by atoms with Gasteiger partial charge in [-0.05, 0) is 0 Å².